The number of fused-ring (bicyclic) bond motifs is 1. The molecule has 1 aliphatic rings. The summed E-state index contributed by atoms with van der Waals surface area (Å²) in [6.07, 6.45) is -4.69. The molecule has 2 heterocycles. The summed E-state index contributed by atoms with van der Waals surface area (Å²) in [6.45, 7) is 2.10. The summed E-state index contributed by atoms with van der Waals surface area (Å²) in [6, 6.07) is 19.0. The van der Waals surface area contributed by atoms with Crippen LogP contribution >= 0.6 is 0 Å². The predicted octanol–water partition coefficient (Wildman–Crippen LogP) is 3.49. The van der Waals surface area contributed by atoms with Gasteiger partial charge in [-0.1, -0.05) is 42.5 Å². The van der Waals surface area contributed by atoms with Gasteiger partial charge < -0.3 is 10.6 Å². The van der Waals surface area contributed by atoms with Crippen molar-refractivity contribution in [1.29, 1.82) is 0 Å². The number of aromatic nitrogens is 2. The average Bonchev–Trinajstić information content (AvgIpc) is 3.29. The topological polar surface area (TPSA) is 154 Å². The molecule has 0 fully saturated rings. The Morgan fingerprint density at radius 2 is 1.69 bits per heavy atom. The van der Waals surface area contributed by atoms with Crippen LogP contribution in [0.25, 0.3) is 16.8 Å². The van der Waals surface area contributed by atoms with Crippen LogP contribution in [0.1, 0.15) is 27.3 Å². The second-order valence-corrected chi connectivity index (χ2v) is 11.0. The number of amidine groups is 1. The number of carbonyl (C=O) groups excluding carboxylic acids is 2. The van der Waals surface area contributed by atoms with Gasteiger partial charge in [-0.2, -0.15) is 23.3 Å². The van der Waals surface area contributed by atoms with Gasteiger partial charge in [0.15, 0.2) is 0 Å². The largest absolute Gasteiger partial charge is 0.473 e. The van der Waals surface area contributed by atoms with Crippen LogP contribution in [-0.4, -0.2) is 48.6 Å². The molecule has 2 amide bonds. The number of hydrogen-bond donors (Lipinski definition) is 2. The Kier molecular flexibility index (Phi) is 7.20. The van der Waals surface area contributed by atoms with Crippen LogP contribution in [0.5, 0.6) is 0 Å². The first-order valence-corrected chi connectivity index (χ1v) is 14.0. The standard InChI is InChI=1S/C28H23F3N6O4S/c1-16-21-13-14-36(19-11-9-17(10-12-19)22-7-2-3-8-23(22)42(33,40)41)26(38)24(21)37(35-16)20-6-4-5-18(15-20)25(32)34-27(39)28(29,30)31/h2-12,15H,13-14H2,1H3,(H2,32,34,39)(H2,33,40,41). The van der Waals surface area contributed by atoms with E-state index in [2.05, 4.69) is 10.1 Å². The van der Waals surface area contributed by atoms with E-state index in [0.29, 0.717) is 46.7 Å². The lowest BCUT2D eigenvalue weighted by Gasteiger charge is -2.28. The van der Waals surface area contributed by atoms with Gasteiger partial charge in [0.1, 0.15) is 11.5 Å². The van der Waals surface area contributed by atoms with Crippen molar-refractivity contribution in [3.8, 4) is 16.8 Å². The van der Waals surface area contributed by atoms with E-state index in [-0.39, 0.29) is 22.1 Å². The Morgan fingerprint density at radius 3 is 2.36 bits per heavy atom. The van der Waals surface area contributed by atoms with E-state index < -0.39 is 27.9 Å². The third-order valence-corrected chi connectivity index (χ3v) is 7.72. The molecule has 4 aromatic rings. The molecule has 0 aliphatic carbocycles. The molecule has 10 nitrogen and oxygen atoms in total. The molecule has 0 radical (unpaired) electrons. The van der Waals surface area contributed by atoms with Crippen LogP contribution in [0.2, 0.25) is 0 Å². The van der Waals surface area contributed by atoms with Crippen molar-refractivity contribution in [2.45, 2.75) is 24.4 Å². The molecular formula is C28H23F3N6O4S. The number of primary sulfonamides is 1. The zero-order valence-electron chi connectivity index (χ0n) is 22.0. The summed E-state index contributed by atoms with van der Waals surface area (Å²) < 4.78 is 63.4. The first-order valence-electron chi connectivity index (χ1n) is 12.4. The monoisotopic (exact) mass is 596 g/mol. The molecule has 0 atom stereocenters. The Labute approximate surface area is 238 Å². The van der Waals surface area contributed by atoms with Crippen LogP contribution in [0.3, 0.4) is 0 Å². The van der Waals surface area contributed by atoms with Crippen molar-refractivity contribution in [3.05, 3.63) is 95.3 Å². The van der Waals surface area contributed by atoms with Gasteiger partial charge in [0.05, 0.1) is 16.3 Å². The molecule has 1 aromatic heterocycles. The fourth-order valence-electron chi connectivity index (χ4n) is 4.77. The lowest BCUT2D eigenvalue weighted by Crippen LogP contribution is -2.38. The SMILES string of the molecule is Cc1nn(-c2cccc(C(N)=NC(=O)C(F)(F)F)c2)c2c1CCN(c1ccc(-c3ccccc3S(N)(=O)=O)cc1)C2=O. The minimum Gasteiger partial charge on any atom is -0.383 e. The van der Waals surface area contributed by atoms with E-state index in [9.17, 15) is 31.2 Å². The summed E-state index contributed by atoms with van der Waals surface area (Å²) in [5.41, 5.74) is 9.22. The highest BCUT2D eigenvalue weighted by Gasteiger charge is 2.39. The number of aryl methyl sites for hydroxylation is 1. The molecule has 216 valence electrons. The van der Waals surface area contributed by atoms with E-state index in [0.717, 1.165) is 0 Å². The van der Waals surface area contributed by atoms with Crippen LogP contribution < -0.4 is 15.8 Å². The van der Waals surface area contributed by atoms with Crippen LogP contribution in [0.15, 0.2) is 82.7 Å². The number of amides is 2. The van der Waals surface area contributed by atoms with Crippen LogP contribution in [0, 0.1) is 6.92 Å². The van der Waals surface area contributed by atoms with E-state index in [1.165, 1.54) is 28.9 Å². The number of nitrogens with zero attached hydrogens (tertiary/aromatic N) is 4. The predicted molar refractivity (Wildman–Crippen MR) is 149 cm³/mol. The Hall–Kier alpha value is -4.82. The van der Waals surface area contributed by atoms with Gasteiger partial charge in [-0.15, -0.1) is 0 Å². The average molecular weight is 597 g/mol. The van der Waals surface area contributed by atoms with Crippen molar-refractivity contribution in [2.75, 3.05) is 11.4 Å². The van der Waals surface area contributed by atoms with Gasteiger partial charge in [0, 0.05) is 28.9 Å². The first-order chi connectivity index (χ1) is 19.8. The lowest BCUT2D eigenvalue weighted by atomic mass is 10.0. The summed E-state index contributed by atoms with van der Waals surface area (Å²) in [4.78, 5) is 29.5. The van der Waals surface area contributed by atoms with E-state index in [1.807, 2.05) is 0 Å². The Bertz CT molecular complexity index is 1870. The molecule has 1 aliphatic heterocycles. The summed E-state index contributed by atoms with van der Waals surface area (Å²) in [7, 11) is -3.96. The molecular weight excluding hydrogens is 573 g/mol. The molecule has 4 N–H and O–H groups in total. The molecule has 0 spiro atoms. The molecule has 5 rings (SSSR count). The number of nitrogens with two attached hydrogens (primary N) is 2. The number of halogens is 3. The number of carbonyl (C=O) groups is 2. The highest BCUT2D eigenvalue weighted by molar-refractivity contribution is 7.89. The maximum atomic E-state index is 13.8. The van der Waals surface area contributed by atoms with E-state index in [1.54, 1.807) is 60.4 Å². The number of hydrogen-bond acceptors (Lipinski definition) is 5. The number of aliphatic imine (C=N–C) groups is 1. The number of benzene rings is 3. The Balaban J connectivity index is 1.48. The van der Waals surface area contributed by atoms with E-state index in [4.69, 9.17) is 10.9 Å². The fourth-order valence-corrected chi connectivity index (χ4v) is 5.53. The van der Waals surface area contributed by atoms with Crippen molar-refractivity contribution in [2.24, 2.45) is 15.9 Å². The second kappa shape index (κ2) is 10.5. The van der Waals surface area contributed by atoms with Crippen LogP contribution in [-0.2, 0) is 21.2 Å². The van der Waals surface area contributed by atoms with Gasteiger partial charge >= 0.3 is 12.1 Å². The molecule has 0 saturated carbocycles. The zero-order chi connectivity index (χ0) is 30.4. The summed E-state index contributed by atoms with van der Waals surface area (Å²) in [5.74, 6) is -3.33. The van der Waals surface area contributed by atoms with Crippen molar-refractivity contribution >= 4 is 33.4 Å². The highest BCUT2D eigenvalue weighted by atomic mass is 32.2. The van der Waals surface area contributed by atoms with Gasteiger partial charge in [-0.25, -0.2) is 18.2 Å². The molecule has 0 saturated heterocycles. The van der Waals surface area contributed by atoms with E-state index >= 15 is 0 Å². The molecule has 0 unspecified atom stereocenters. The number of sulfonamides is 1. The maximum Gasteiger partial charge on any atom is 0.473 e. The molecule has 0 bridgehead atoms. The number of anilines is 1. The van der Waals surface area contributed by atoms with Crippen molar-refractivity contribution in [3.63, 3.8) is 0 Å². The molecule has 42 heavy (non-hydrogen) atoms. The lowest BCUT2D eigenvalue weighted by molar-refractivity contribution is -0.169. The first kappa shape index (κ1) is 28.7. The minimum atomic E-state index is -5.17. The van der Waals surface area contributed by atoms with Crippen LogP contribution in [0.4, 0.5) is 18.9 Å². The minimum absolute atomic E-state index is 0.0218. The van der Waals surface area contributed by atoms with Gasteiger partial charge in [0.25, 0.3) is 5.91 Å². The summed E-state index contributed by atoms with van der Waals surface area (Å²) >= 11 is 0. The molecule has 14 heteroatoms. The van der Waals surface area contributed by atoms with Gasteiger partial charge in [0.2, 0.25) is 10.0 Å². The fraction of sp³-hybridized carbons (Fsp3) is 0.143. The highest BCUT2D eigenvalue weighted by Crippen LogP contribution is 2.32. The second-order valence-electron chi connectivity index (χ2n) is 9.47. The third-order valence-electron chi connectivity index (χ3n) is 6.75. The normalized spacial score (nSPS) is 14.2. The van der Waals surface area contributed by atoms with Gasteiger partial charge in [-0.05, 0) is 49.2 Å². The molecule has 3 aromatic carbocycles. The zero-order valence-corrected chi connectivity index (χ0v) is 22.8. The Morgan fingerprint density at radius 1 is 1.00 bits per heavy atom. The van der Waals surface area contributed by atoms with Crippen molar-refractivity contribution < 1.29 is 31.2 Å². The number of alkyl halides is 3. The smallest absolute Gasteiger partial charge is 0.383 e. The summed E-state index contributed by atoms with van der Waals surface area (Å²) in [5, 5.41) is 9.87. The quantitative estimate of drug-likeness (QED) is 0.266. The number of rotatable bonds is 5. The van der Waals surface area contributed by atoms with Crippen molar-refractivity contribution in [1.82, 2.24) is 9.78 Å². The van der Waals surface area contributed by atoms with Gasteiger partial charge in [-0.3, -0.25) is 9.59 Å². The maximum absolute atomic E-state index is 13.8. The third kappa shape index (κ3) is 5.41.